The number of hydrogen-bond donors (Lipinski definition) is 1. The average Bonchev–Trinajstić information content (AvgIpc) is 3.35. The highest BCUT2D eigenvalue weighted by atomic mass is 16.6. The van der Waals surface area contributed by atoms with Gasteiger partial charge in [0, 0.05) is 12.6 Å². The Labute approximate surface area is 144 Å². The van der Waals surface area contributed by atoms with Gasteiger partial charge in [-0.05, 0) is 38.0 Å². The number of para-hydroxylation sites is 1. The number of nitrogens with one attached hydrogen (secondary N) is 1. The van der Waals surface area contributed by atoms with Crippen molar-refractivity contribution >= 4 is 5.91 Å². The van der Waals surface area contributed by atoms with Crippen LogP contribution in [-0.4, -0.2) is 32.5 Å². The molecule has 1 amide bonds. The van der Waals surface area contributed by atoms with Gasteiger partial charge in [-0.2, -0.15) is 5.10 Å². The Balaban J connectivity index is 1.51. The molecule has 0 unspecified atom stereocenters. The monoisotopic (exact) mass is 338 g/mol. The molecule has 7 heteroatoms. The molecule has 1 atom stereocenters. The topological polar surface area (TPSA) is 84.2 Å². The SMILES string of the molecule is Cc1nc([C@@H]2CCCN2C(=O)c2ccc(Oc3ccccc3)o2)n[nH]1. The lowest BCUT2D eigenvalue weighted by atomic mass is 10.2. The zero-order valence-corrected chi connectivity index (χ0v) is 13.8. The maximum atomic E-state index is 12.8. The normalized spacial score (nSPS) is 17.0. The van der Waals surface area contributed by atoms with Gasteiger partial charge in [0.25, 0.3) is 11.9 Å². The minimum absolute atomic E-state index is 0.124. The molecule has 1 aliphatic heterocycles. The van der Waals surface area contributed by atoms with E-state index in [-0.39, 0.29) is 17.7 Å². The molecular weight excluding hydrogens is 320 g/mol. The van der Waals surface area contributed by atoms with Gasteiger partial charge in [-0.3, -0.25) is 9.89 Å². The van der Waals surface area contributed by atoms with Crippen molar-refractivity contribution in [2.45, 2.75) is 25.8 Å². The molecule has 4 rings (SSSR count). The van der Waals surface area contributed by atoms with E-state index in [0.717, 1.165) is 18.7 Å². The second-order valence-electron chi connectivity index (χ2n) is 5.97. The van der Waals surface area contributed by atoms with Gasteiger partial charge in [-0.1, -0.05) is 18.2 Å². The first kappa shape index (κ1) is 15.4. The summed E-state index contributed by atoms with van der Waals surface area (Å²) >= 11 is 0. The zero-order valence-electron chi connectivity index (χ0n) is 13.8. The van der Waals surface area contributed by atoms with Crippen LogP contribution in [0.3, 0.4) is 0 Å². The fraction of sp³-hybridized carbons (Fsp3) is 0.278. The summed E-state index contributed by atoms with van der Waals surface area (Å²) in [5.74, 6) is 2.42. The van der Waals surface area contributed by atoms with Gasteiger partial charge in [0.2, 0.25) is 0 Å². The van der Waals surface area contributed by atoms with Crippen molar-refractivity contribution in [1.82, 2.24) is 20.1 Å². The van der Waals surface area contributed by atoms with Gasteiger partial charge in [-0.25, -0.2) is 4.98 Å². The van der Waals surface area contributed by atoms with E-state index in [2.05, 4.69) is 15.2 Å². The summed E-state index contributed by atoms with van der Waals surface area (Å²) in [7, 11) is 0. The molecule has 1 N–H and O–H groups in total. The van der Waals surface area contributed by atoms with Crippen LogP contribution in [0, 0.1) is 6.92 Å². The molecule has 1 fully saturated rings. The minimum atomic E-state index is -0.173. The summed E-state index contributed by atoms with van der Waals surface area (Å²) < 4.78 is 11.2. The van der Waals surface area contributed by atoms with E-state index in [9.17, 15) is 4.79 Å². The first-order valence-electron chi connectivity index (χ1n) is 8.23. The van der Waals surface area contributed by atoms with E-state index >= 15 is 0 Å². The minimum Gasteiger partial charge on any atom is -0.426 e. The summed E-state index contributed by atoms with van der Waals surface area (Å²) in [6, 6.07) is 12.5. The summed E-state index contributed by atoms with van der Waals surface area (Å²) in [5.41, 5.74) is 0. The van der Waals surface area contributed by atoms with Gasteiger partial charge in [0.1, 0.15) is 11.6 Å². The smallest absolute Gasteiger partial charge is 0.290 e. The Bertz CT molecular complexity index is 871. The Morgan fingerprint density at radius 3 is 2.88 bits per heavy atom. The van der Waals surface area contributed by atoms with E-state index in [0.29, 0.717) is 24.1 Å². The number of hydrogen-bond acceptors (Lipinski definition) is 5. The maximum Gasteiger partial charge on any atom is 0.290 e. The predicted molar refractivity (Wildman–Crippen MR) is 89.4 cm³/mol. The highest BCUT2D eigenvalue weighted by Gasteiger charge is 2.34. The molecule has 3 heterocycles. The molecule has 0 saturated carbocycles. The second kappa shape index (κ2) is 6.43. The van der Waals surface area contributed by atoms with Crippen molar-refractivity contribution in [3.8, 4) is 11.7 Å². The van der Waals surface area contributed by atoms with Crippen LogP contribution >= 0.6 is 0 Å². The average molecular weight is 338 g/mol. The number of carbonyl (C=O) groups excluding carboxylic acids is 1. The summed E-state index contributed by atoms with van der Waals surface area (Å²) in [5, 5.41) is 7.03. The van der Waals surface area contributed by atoms with Crippen molar-refractivity contribution in [3.05, 3.63) is 59.9 Å². The molecule has 3 aromatic rings. The van der Waals surface area contributed by atoms with E-state index in [1.165, 1.54) is 0 Å². The lowest BCUT2D eigenvalue weighted by Crippen LogP contribution is -2.30. The number of ether oxygens (including phenoxy) is 1. The molecule has 0 aliphatic carbocycles. The summed E-state index contributed by atoms with van der Waals surface area (Å²) in [6.45, 7) is 2.50. The number of benzene rings is 1. The standard InChI is InChI=1S/C18H18N4O3/c1-12-19-17(21-20-12)14-8-5-11-22(14)18(23)15-9-10-16(25-15)24-13-6-3-2-4-7-13/h2-4,6-7,9-10,14H,5,8,11H2,1H3,(H,19,20,21)/t14-/m0/s1. The molecule has 1 aromatic carbocycles. The number of nitrogens with zero attached hydrogens (tertiary/aromatic N) is 3. The largest absolute Gasteiger partial charge is 0.426 e. The highest BCUT2D eigenvalue weighted by Crippen LogP contribution is 2.32. The number of aromatic amines is 1. The fourth-order valence-corrected chi connectivity index (χ4v) is 3.02. The number of aromatic nitrogens is 3. The molecule has 25 heavy (non-hydrogen) atoms. The van der Waals surface area contributed by atoms with Crippen molar-refractivity contribution in [1.29, 1.82) is 0 Å². The van der Waals surface area contributed by atoms with Crippen LogP contribution in [0.2, 0.25) is 0 Å². The third kappa shape index (κ3) is 3.13. The van der Waals surface area contributed by atoms with Crippen molar-refractivity contribution < 1.29 is 13.9 Å². The zero-order chi connectivity index (χ0) is 17.2. The lowest BCUT2D eigenvalue weighted by molar-refractivity contribution is 0.0692. The highest BCUT2D eigenvalue weighted by molar-refractivity contribution is 5.92. The summed E-state index contributed by atoms with van der Waals surface area (Å²) in [4.78, 5) is 18.9. The van der Waals surface area contributed by atoms with Crippen molar-refractivity contribution in [3.63, 3.8) is 0 Å². The Morgan fingerprint density at radius 2 is 2.12 bits per heavy atom. The second-order valence-corrected chi connectivity index (χ2v) is 5.97. The van der Waals surface area contributed by atoms with Gasteiger partial charge in [-0.15, -0.1) is 0 Å². The number of aryl methyl sites for hydroxylation is 1. The van der Waals surface area contributed by atoms with Crippen LogP contribution in [0.5, 0.6) is 11.7 Å². The Hall–Kier alpha value is -3.09. The Morgan fingerprint density at radius 1 is 1.28 bits per heavy atom. The molecule has 128 valence electrons. The molecule has 0 radical (unpaired) electrons. The van der Waals surface area contributed by atoms with E-state index in [1.54, 1.807) is 17.0 Å². The molecular formula is C18H18N4O3. The van der Waals surface area contributed by atoms with Crippen molar-refractivity contribution in [2.24, 2.45) is 0 Å². The lowest BCUT2D eigenvalue weighted by Gasteiger charge is -2.21. The maximum absolute atomic E-state index is 12.8. The van der Waals surface area contributed by atoms with Crippen LogP contribution in [0.25, 0.3) is 0 Å². The van der Waals surface area contributed by atoms with Crippen LogP contribution < -0.4 is 4.74 Å². The third-order valence-electron chi connectivity index (χ3n) is 4.18. The number of likely N-dealkylation sites (tertiary alicyclic amines) is 1. The number of H-pyrrole nitrogens is 1. The van der Waals surface area contributed by atoms with Gasteiger partial charge >= 0.3 is 0 Å². The predicted octanol–water partition coefficient (Wildman–Crippen LogP) is 3.48. The van der Waals surface area contributed by atoms with Crippen LogP contribution in [0.15, 0.2) is 46.9 Å². The third-order valence-corrected chi connectivity index (χ3v) is 4.18. The molecule has 1 saturated heterocycles. The number of furan rings is 1. The van der Waals surface area contributed by atoms with Gasteiger partial charge < -0.3 is 14.1 Å². The molecule has 0 spiro atoms. The number of rotatable bonds is 4. The number of carbonyl (C=O) groups is 1. The first-order valence-corrected chi connectivity index (χ1v) is 8.23. The quantitative estimate of drug-likeness (QED) is 0.787. The first-order chi connectivity index (χ1) is 12.2. The van der Waals surface area contributed by atoms with E-state index in [1.807, 2.05) is 37.3 Å². The van der Waals surface area contributed by atoms with E-state index < -0.39 is 0 Å². The van der Waals surface area contributed by atoms with Gasteiger partial charge in [0.15, 0.2) is 11.6 Å². The summed E-state index contributed by atoms with van der Waals surface area (Å²) in [6.07, 6.45) is 1.76. The van der Waals surface area contributed by atoms with Crippen molar-refractivity contribution in [2.75, 3.05) is 6.54 Å². The molecule has 2 aromatic heterocycles. The van der Waals surface area contributed by atoms with Crippen LogP contribution in [0.4, 0.5) is 0 Å². The van der Waals surface area contributed by atoms with Crippen LogP contribution in [0.1, 0.15) is 41.1 Å². The molecule has 1 aliphatic rings. The number of amides is 1. The van der Waals surface area contributed by atoms with Gasteiger partial charge in [0.05, 0.1) is 6.04 Å². The van der Waals surface area contributed by atoms with E-state index in [4.69, 9.17) is 9.15 Å². The fourth-order valence-electron chi connectivity index (χ4n) is 3.02. The molecule has 7 nitrogen and oxygen atoms in total. The van der Waals surface area contributed by atoms with Crippen LogP contribution in [-0.2, 0) is 0 Å². The Kier molecular flexibility index (Phi) is 3.97. The molecule has 0 bridgehead atoms.